The molecule has 1 rings (SSSR count). The van der Waals surface area contributed by atoms with Crippen LogP contribution < -0.4 is 10.5 Å². The summed E-state index contributed by atoms with van der Waals surface area (Å²) in [5, 5.41) is 0. The molecule has 0 amide bonds. The van der Waals surface area contributed by atoms with Gasteiger partial charge in [-0.2, -0.15) is 0 Å². The topological polar surface area (TPSA) is 48.1 Å². The molecule has 3 heteroatoms. The Labute approximate surface area is 97.0 Å². The lowest BCUT2D eigenvalue weighted by atomic mass is 10.1. The predicted molar refractivity (Wildman–Crippen MR) is 65.1 cm³/mol. The van der Waals surface area contributed by atoms with Gasteiger partial charge >= 0.3 is 0 Å². The van der Waals surface area contributed by atoms with E-state index in [4.69, 9.17) is 10.5 Å². The summed E-state index contributed by atoms with van der Waals surface area (Å²) in [5.41, 5.74) is 6.10. The van der Waals surface area contributed by atoms with Crippen molar-refractivity contribution in [3.63, 3.8) is 0 Å². The predicted octanol–water partition coefficient (Wildman–Crippen LogP) is 1.96. The molecule has 0 fully saturated rings. The van der Waals surface area contributed by atoms with Crippen molar-refractivity contribution in [2.45, 2.75) is 39.3 Å². The number of hydrogen-bond donors (Lipinski definition) is 1. The van der Waals surface area contributed by atoms with Gasteiger partial charge in [-0.25, -0.2) is 0 Å². The average Bonchev–Trinajstić information content (AvgIpc) is 2.13. The first-order chi connectivity index (χ1) is 7.37. The Morgan fingerprint density at radius 2 is 2.06 bits per heavy atom. The van der Waals surface area contributed by atoms with Gasteiger partial charge in [0.25, 0.3) is 0 Å². The second kappa shape index (κ2) is 5.00. The van der Waals surface area contributed by atoms with Gasteiger partial charge in [-0.15, -0.1) is 0 Å². The van der Waals surface area contributed by atoms with Gasteiger partial charge in [-0.05, 0) is 33.8 Å². The smallest absolute Gasteiger partial charge is 0.139 e. The van der Waals surface area contributed by atoms with Crippen molar-refractivity contribution in [3.8, 4) is 17.6 Å². The maximum atomic E-state index is 5.78. The normalized spacial score (nSPS) is 10.9. The van der Waals surface area contributed by atoms with Crippen LogP contribution >= 0.6 is 0 Å². The van der Waals surface area contributed by atoms with Crippen molar-refractivity contribution in [1.82, 2.24) is 4.98 Å². The van der Waals surface area contributed by atoms with Crippen LogP contribution in [0.25, 0.3) is 0 Å². The van der Waals surface area contributed by atoms with Crippen molar-refractivity contribution >= 4 is 0 Å². The Balaban J connectivity index is 2.85. The molecule has 0 aliphatic heterocycles. The van der Waals surface area contributed by atoms with Gasteiger partial charge in [0.1, 0.15) is 5.75 Å². The first kappa shape index (κ1) is 12.5. The molecule has 0 bridgehead atoms. The zero-order valence-electron chi connectivity index (χ0n) is 10.2. The summed E-state index contributed by atoms with van der Waals surface area (Å²) in [6, 6.07) is 1.87. The molecule has 3 nitrogen and oxygen atoms in total. The molecular formula is C13H18N2O. The van der Waals surface area contributed by atoms with Crippen molar-refractivity contribution in [2.24, 2.45) is 5.73 Å². The van der Waals surface area contributed by atoms with Gasteiger partial charge in [0.15, 0.2) is 0 Å². The summed E-state index contributed by atoms with van der Waals surface area (Å²) in [6.07, 6.45) is 3.51. The Bertz CT molecular complexity index is 408. The first-order valence-corrected chi connectivity index (χ1v) is 5.30. The van der Waals surface area contributed by atoms with E-state index in [0.717, 1.165) is 11.3 Å². The molecule has 2 N–H and O–H groups in total. The highest BCUT2D eigenvalue weighted by Crippen LogP contribution is 2.12. The zero-order chi connectivity index (χ0) is 12.2. The van der Waals surface area contributed by atoms with E-state index in [-0.39, 0.29) is 6.10 Å². The monoisotopic (exact) mass is 218 g/mol. The molecule has 0 unspecified atom stereocenters. The highest BCUT2D eigenvalue weighted by atomic mass is 16.5. The van der Waals surface area contributed by atoms with Crippen LogP contribution in [0.4, 0.5) is 0 Å². The summed E-state index contributed by atoms with van der Waals surface area (Å²) < 4.78 is 5.53. The van der Waals surface area contributed by atoms with Crippen molar-refractivity contribution in [1.29, 1.82) is 0 Å². The maximum absolute atomic E-state index is 5.78. The Kier molecular flexibility index (Phi) is 3.92. The lowest BCUT2D eigenvalue weighted by Gasteiger charge is -2.09. The van der Waals surface area contributed by atoms with Crippen LogP contribution in [0, 0.1) is 11.8 Å². The lowest BCUT2D eigenvalue weighted by Crippen LogP contribution is -2.29. The van der Waals surface area contributed by atoms with E-state index in [9.17, 15) is 0 Å². The molecule has 0 atom stereocenters. The molecule has 0 radical (unpaired) electrons. The maximum Gasteiger partial charge on any atom is 0.139 e. The van der Waals surface area contributed by atoms with E-state index in [1.807, 2.05) is 33.8 Å². The van der Waals surface area contributed by atoms with Crippen molar-refractivity contribution in [2.75, 3.05) is 0 Å². The van der Waals surface area contributed by atoms with E-state index in [1.54, 1.807) is 12.4 Å². The molecule has 1 aromatic rings. The number of nitrogens with zero attached hydrogens (tertiary/aromatic N) is 1. The van der Waals surface area contributed by atoms with Crippen LogP contribution in [0.1, 0.15) is 33.3 Å². The minimum Gasteiger partial charge on any atom is -0.489 e. The molecule has 1 aromatic heterocycles. The van der Waals surface area contributed by atoms with Crippen LogP contribution in [-0.2, 0) is 0 Å². The summed E-state index contributed by atoms with van der Waals surface area (Å²) in [6.45, 7) is 7.67. The standard InChI is InChI=1S/C13H18N2O/c1-10(2)16-12-7-11(8-15-9-12)5-6-13(3,4)14/h7-10H,14H2,1-4H3. The van der Waals surface area contributed by atoms with Gasteiger partial charge in [0.05, 0.1) is 17.8 Å². The highest BCUT2D eigenvalue weighted by molar-refractivity contribution is 5.38. The van der Waals surface area contributed by atoms with Crippen LogP contribution in [0.15, 0.2) is 18.5 Å². The molecule has 0 saturated heterocycles. The van der Waals surface area contributed by atoms with Crippen LogP contribution in [-0.4, -0.2) is 16.6 Å². The number of nitrogens with two attached hydrogens (primary N) is 1. The Hall–Kier alpha value is -1.53. The van der Waals surface area contributed by atoms with Gasteiger partial charge in [0, 0.05) is 11.8 Å². The number of rotatable bonds is 2. The molecule has 0 aliphatic carbocycles. The largest absolute Gasteiger partial charge is 0.489 e. The molecule has 86 valence electrons. The average molecular weight is 218 g/mol. The SMILES string of the molecule is CC(C)Oc1cncc(C#CC(C)(C)N)c1. The molecule has 1 heterocycles. The Morgan fingerprint density at radius 1 is 1.38 bits per heavy atom. The summed E-state index contributed by atoms with van der Waals surface area (Å²) in [5.74, 6) is 6.66. The summed E-state index contributed by atoms with van der Waals surface area (Å²) >= 11 is 0. The van der Waals surface area contributed by atoms with Gasteiger partial charge < -0.3 is 10.5 Å². The number of pyridine rings is 1. The van der Waals surface area contributed by atoms with Crippen molar-refractivity contribution < 1.29 is 4.74 Å². The van der Waals surface area contributed by atoms with E-state index in [1.165, 1.54) is 0 Å². The molecule has 0 spiro atoms. The Morgan fingerprint density at radius 3 is 2.62 bits per heavy atom. The number of ether oxygens (including phenoxy) is 1. The lowest BCUT2D eigenvalue weighted by molar-refractivity contribution is 0.241. The van der Waals surface area contributed by atoms with Gasteiger partial charge in [-0.3, -0.25) is 4.98 Å². The molecular weight excluding hydrogens is 200 g/mol. The van der Waals surface area contributed by atoms with Gasteiger partial charge in [-0.1, -0.05) is 11.8 Å². The highest BCUT2D eigenvalue weighted by Gasteiger charge is 2.04. The quantitative estimate of drug-likeness (QED) is 0.772. The minimum atomic E-state index is -0.491. The number of aromatic nitrogens is 1. The third kappa shape index (κ3) is 4.81. The van der Waals surface area contributed by atoms with Crippen LogP contribution in [0.2, 0.25) is 0 Å². The van der Waals surface area contributed by atoms with E-state index >= 15 is 0 Å². The third-order valence-electron chi connectivity index (χ3n) is 1.61. The summed E-state index contributed by atoms with van der Waals surface area (Å²) in [7, 11) is 0. The second-order valence-electron chi connectivity index (χ2n) is 4.55. The van der Waals surface area contributed by atoms with Crippen molar-refractivity contribution in [3.05, 3.63) is 24.0 Å². The fraction of sp³-hybridized carbons (Fsp3) is 0.462. The van der Waals surface area contributed by atoms with E-state index < -0.39 is 5.54 Å². The molecule has 0 aromatic carbocycles. The fourth-order valence-corrected chi connectivity index (χ4v) is 1.06. The van der Waals surface area contributed by atoms with E-state index in [2.05, 4.69) is 16.8 Å². The van der Waals surface area contributed by atoms with Crippen LogP contribution in [0.5, 0.6) is 5.75 Å². The molecule has 0 aliphatic rings. The van der Waals surface area contributed by atoms with Crippen LogP contribution in [0.3, 0.4) is 0 Å². The second-order valence-corrected chi connectivity index (χ2v) is 4.55. The molecule has 16 heavy (non-hydrogen) atoms. The summed E-state index contributed by atoms with van der Waals surface area (Å²) in [4.78, 5) is 4.07. The first-order valence-electron chi connectivity index (χ1n) is 5.30. The minimum absolute atomic E-state index is 0.135. The molecule has 0 saturated carbocycles. The van der Waals surface area contributed by atoms with E-state index in [0.29, 0.717) is 0 Å². The fourth-order valence-electron chi connectivity index (χ4n) is 1.06. The van der Waals surface area contributed by atoms with Gasteiger partial charge in [0.2, 0.25) is 0 Å². The number of hydrogen-bond acceptors (Lipinski definition) is 3. The third-order valence-corrected chi connectivity index (χ3v) is 1.61. The zero-order valence-corrected chi connectivity index (χ0v) is 10.2.